The second-order valence-corrected chi connectivity index (χ2v) is 13.8. The standard InChI is InChI=1S/C35H37BrFN3O4S/c1-4-26(3)38-35(42)33(22-27-8-6-5-7-9-27)39(23-28-12-14-29(36)15-13-28)34(41)24-40(31-18-16-30(37)17-19-31)45(43,44)32-20-10-25(2)11-21-32/h5-21,26,33H,4,22-24H2,1-3H3,(H,38,42)/t26-,33+/m1/s1. The van der Waals surface area contributed by atoms with Crippen molar-refractivity contribution >= 4 is 43.5 Å². The van der Waals surface area contributed by atoms with E-state index in [4.69, 9.17) is 0 Å². The zero-order valence-electron chi connectivity index (χ0n) is 25.5. The van der Waals surface area contributed by atoms with Crippen molar-refractivity contribution < 1.29 is 22.4 Å². The van der Waals surface area contributed by atoms with Crippen LogP contribution in [-0.2, 0) is 32.6 Å². The van der Waals surface area contributed by atoms with Gasteiger partial charge in [-0.15, -0.1) is 0 Å². The zero-order valence-corrected chi connectivity index (χ0v) is 27.9. The van der Waals surface area contributed by atoms with E-state index in [9.17, 15) is 22.4 Å². The van der Waals surface area contributed by atoms with Crippen molar-refractivity contribution in [1.29, 1.82) is 0 Å². The molecule has 0 saturated heterocycles. The van der Waals surface area contributed by atoms with E-state index in [2.05, 4.69) is 21.2 Å². The van der Waals surface area contributed by atoms with Crippen molar-refractivity contribution in [3.63, 3.8) is 0 Å². The molecule has 10 heteroatoms. The minimum absolute atomic E-state index is 0.0139. The van der Waals surface area contributed by atoms with E-state index in [1.165, 1.54) is 29.2 Å². The maximum absolute atomic E-state index is 14.4. The lowest BCUT2D eigenvalue weighted by Gasteiger charge is -2.34. The van der Waals surface area contributed by atoms with Crippen LogP contribution in [0.5, 0.6) is 0 Å². The third-order valence-corrected chi connectivity index (χ3v) is 9.86. The van der Waals surface area contributed by atoms with Gasteiger partial charge < -0.3 is 10.2 Å². The number of benzene rings is 4. The molecule has 2 amide bonds. The highest BCUT2D eigenvalue weighted by Gasteiger charge is 2.35. The van der Waals surface area contributed by atoms with E-state index >= 15 is 0 Å². The minimum Gasteiger partial charge on any atom is -0.352 e. The van der Waals surface area contributed by atoms with Crippen molar-refractivity contribution in [1.82, 2.24) is 10.2 Å². The van der Waals surface area contributed by atoms with Crippen molar-refractivity contribution in [3.8, 4) is 0 Å². The SMILES string of the molecule is CC[C@@H](C)NC(=O)[C@H](Cc1ccccc1)N(Cc1ccc(Br)cc1)C(=O)CN(c1ccc(F)cc1)S(=O)(=O)c1ccc(C)cc1. The molecule has 0 radical (unpaired) electrons. The molecule has 7 nitrogen and oxygen atoms in total. The van der Waals surface area contributed by atoms with Gasteiger partial charge in [0.2, 0.25) is 11.8 Å². The van der Waals surface area contributed by atoms with Crippen LogP contribution in [0.2, 0.25) is 0 Å². The lowest BCUT2D eigenvalue weighted by atomic mass is 10.0. The zero-order chi connectivity index (χ0) is 32.6. The summed E-state index contributed by atoms with van der Waals surface area (Å²) in [5.74, 6) is -1.47. The van der Waals surface area contributed by atoms with E-state index in [-0.39, 0.29) is 35.5 Å². The summed E-state index contributed by atoms with van der Waals surface area (Å²) in [5.41, 5.74) is 2.60. The molecule has 0 aliphatic rings. The number of amides is 2. The first-order chi connectivity index (χ1) is 21.5. The number of hydrogen-bond acceptors (Lipinski definition) is 4. The summed E-state index contributed by atoms with van der Waals surface area (Å²) in [5, 5.41) is 3.02. The Bertz CT molecular complexity index is 1680. The molecular formula is C35H37BrFN3O4S. The molecule has 1 N–H and O–H groups in total. The average molecular weight is 695 g/mol. The predicted molar refractivity (Wildman–Crippen MR) is 179 cm³/mol. The number of hydrogen-bond donors (Lipinski definition) is 1. The number of halogens is 2. The molecule has 0 spiro atoms. The van der Waals surface area contributed by atoms with Crippen molar-refractivity contribution in [2.75, 3.05) is 10.8 Å². The maximum Gasteiger partial charge on any atom is 0.264 e. The van der Waals surface area contributed by atoms with Gasteiger partial charge in [0.05, 0.1) is 10.6 Å². The number of sulfonamides is 1. The Morgan fingerprint density at radius 3 is 2.09 bits per heavy atom. The quantitative estimate of drug-likeness (QED) is 0.170. The van der Waals surface area contributed by atoms with Gasteiger partial charge in [-0.25, -0.2) is 12.8 Å². The number of nitrogens with one attached hydrogen (secondary N) is 1. The Balaban J connectivity index is 1.80. The second kappa shape index (κ2) is 15.3. The summed E-state index contributed by atoms with van der Waals surface area (Å²) in [6, 6.07) is 26.9. The third kappa shape index (κ3) is 9.02. The van der Waals surface area contributed by atoms with E-state index < -0.39 is 34.3 Å². The number of nitrogens with zero attached hydrogens (tertiary/aromatic N) is 2. The summed E-state index contributed by atoms with van der Waals surface area (Å²) in [6.07, 6.45) is 0.907. The Hall–Kier alpha value is -4.02. The van der Waals surface area contributed by atoms with Crippen molar-refractivity contribution in [2.24, 2.45) is 0 Å². The van der Waals surface area contributed by atoms with Crippen molar-refractivity contribution in [3.05, 3.63) is 130 Å². The molecule has 0 fully saturated rings. The average Bonchev–Trinajstić information content (AvgIpc) is 3.03. The lowest BCUT2D eigenvalue weighted by Crippen LogP contribution is -2.54. The van der Waals surface area contributed by atoms with Gasteiger partial charge in [-0.3, -0.25) is 13.9 Å². The number of carbonyl (C=O) groups excluding carboxylic acids is 2. The van der Waals surface area contributed by atoms with E-state index in [0.717, 1.165) is 37.6 Å². The summed E-state index contributed by atoms with van der Waals surface area (Å²) >= 11 is 3.44. The molecule has 0 aromatic heterocycles. The second-order valence-electron chi connectivity index (χ2n) is 11.0. The first kappa shape index (κ1) is 33.9. The fraction of sp³-hybridized carbons (Fsp3) is 0.257. The van der Waals surface area contributed by atoms with Crippen LogP contribution in [0.25, 0.3) is 0 Å². The molecule has 0 bridgehead atoms. The third-order valence-electron chi connectivity index (χ3n) is 7.54. The summed E-state index contributed by atoms with van der Waals surface area (Å²) in [7, 11) is -4.26. The van der Waals surface area contributed by atoms with Crippen LogP contribution in [0.1, 0.15) is 37.0 Å². The Kier molecular flexibility index (Phi) is 11.5. The van der Waals surface area contributed by atoms with Gasteiger partial charge in [0.25, 0.3) is 10.0 Å². The molecule has 4 rings (SSSR count). The summed E-state index contributed by atoms with van der Waals surface area (Å²) < 4.78 is 43.8. The molecule has 45 heavy (non-hydrogen) atoms. The van der Waals surface area contributed by atoms with Gasteiger partial charge in [-0.05, 0) is 79.9 Å². The number of rotatable bonds is 13. The van der Waals surface area contributed by atoms with Gasteiger partial charge >= 0.3 is 0 Å². The number of carbonyl (C=O) groups is 2. The van der Waals surface area contributed by atoms with Crippen LogP contribution in [0.3, 0.4) is 0 Å². The lowest BCUT2D eigenvalue weighted by molar-refractivity contribution is -0.140. The maximum atomic E-state index is 14.4. The van der Waals surface area contributed by atoms with E-state index in [1.54, 1.807) is 12.1 Å². The van der Waals surface area contributed by atoms with Gasteiger partial charge in [-0.1, -0.05) is 83.0 Å². The molecular weight excluding hydrogens is 657 g/mol. The molecule has 2 atom stereocenters. The fourth-order valence-corrected chi connectivity index (χ4v) is 6.43. The topological polar surface area (TPSA) is 86.8 Å². The number of anilines is 1. The van der Waals surface area contributed by atoms with Gasteiger partial charge in [0.1, 0.15) is 18.4 Å². The Labute approximate surface area is 273 Å². The molecule has 236 valence electrons. The molecule has 4 aromatic rings. The van der Waals surface area contributed by atoms with Gasteiger partial charge in [-0.2, -0.15) is 0 Å². The molecule has 4 aromatic carbocycles. The van der Waals surface area contributed by atoms with Gasteiger partial charge in [0.15, 0.2) is 0 Å². The van der Waals surface area contributed by atoms with Crippen LogP contribution in [0.15, 0.2) is 112 Å². The smallest absolute Gasteiger partial charge is 0.264 e. The molecule has 0 aliphatic carbocycles. The van der Waals surface area contributed by atoms with Crippen LogP contribution in [-0.4, -0.2) is 43.8 Å². The highest BCUT2D eigenvalue weighted by Crippen LogP contribution is 2.26. The minimum atomic E-state index is -4.26. The van der Waals surface area contributed by atoms with Crippen molar-refractivity contribution in [2.45, 2.75) is 57.1 Å². The Morgan fingerprint density at radius 1 is 0.867 bits per heavy atom. The van der Waals surface area contributed by atoms with E-state index in [0.29, 0.717) is 6.42 Å². The van der Waals surface area contributed by atoms with Crippen LogP contribution >= 0.6 is 15.9 Å². The normalized spacial score (nSPS) is 12.6. The largest absolute Gasteiger partial charge is 0.352 e. The van der Waals surface area contributed by atoms with Gasteiger partial charge in [0, 0.05) is 23.5 Å². The first-order valence-corrected chi connectivity index (χ1v) is 16.9. The first-order valence-electron chi connectivity index (χ1n) is 14.7. The van der Waals surface area contributed by atoms with Crippen LogP contribution in [0.4, 0.5) is 10.1 Å². The molecule has 0 saturated carbocycles. The Morgan fingerprint density at radius 2 is 1.49 bits per heavy atom. The van der Waals surface area contributed by atoms with Crippen LogP contribution in [0, 0.1) is 12.7 Å². The highest BCUT2D eigenvalue weighted by atomic mass is 79.9. The van der Waals surface area contributed by atoms with Crippen LogP contribution < -0.4 is 9.62 Å². The molecule has 0 heterocycles. The monoisotopic (exact) mass is 693 g/mol. The molecule has 0 unspecified atom stereocenters. The number of aryl methyl sites for hydroxylation is 1. The van der Waals surface area contributed by atoms with E-state index in [1.807, 2.05) is 75.4 Å². The fourth-order valence-electron chi connectivity index (χ4n) is 4.76. The summed E-state index contributed by atoms with van der Waals surface area (Å²) in [4.78, 5) is 29.7. The predicted octanol–water partition coefficient (Wildman–Crippen LogP) is 6.65. The molecule has 0 aliphatic heterocycles. The highest BCUT2D eigenvalue weighted by molar-refractivity contribution is 9.10. The summed E-state index contributed by atoms with van der Waals surface area (Å²) in [6.45, 7) is 5.13.